The summed E-state index contributed by atoms with van der Waals surface area (Å²) in [5, 5.41) is 9.88. The molecule has 0 amide bonds. The van der Waals surface area contributed by atoms with Gasteiger partial charge in [-0.1, -0.05) is 0 Å². The second kappa shape index (κ2) is 3.14. The molecule has 0 saturated carbocycles. The first kappa shape index (κ1) is 7.71. The lowest BCUT2D eigenvalue weighted by molar-refractivity contribution is 0.786. The molecular weight excluding hydrogens is 142 g/mol. The molecule has 1 aromatic heterocycles. The lowest BCUT2D eigenvalue weighted by Gasteiger charge is -2.06. The smallest absolute Gasteiger partial charge is 0.171 e. The van der Waals surface area contributed by atoms with Crippen molar-refractivity contribution in [2.24, 2.45) is 0 Å². The van der Waals surface area contributed by atoms with Crippen molar-refractivity contribution in [1.82, 2.24) is 9.89 Å². The van der Waals surface area contributed by atoms with Crippen LogP contribution in [0.1, 0.15) is 0 Å². The largest absolute Gasteiger partial charge is 0.383 e. The number of nitrogens with one attached hydrogen (secondary N) is 3. The normalized spacial score (nSPS) is 9.36. The quantitative estimate of drug-likeness (QED) is 0.571. The van der Waals surface area contributed by atoms with Crippen LogP contribution in [0.4, 0.5) is 11.5 Å². The molecule has 3 N–H and O–H groups in total. The molecule has 0 aliphatic heterocycles. The third kappa shape index (κ3) is 1.21. The minimum atomic E-state index is 0.849. The monoisotopic (exact) mass is 154 g/mol. The van der Waals surface area contributed by atoms with Gasteiger partial charge in [-0.2, -0.15) is 4.79 Å². The zero-order chi connectivity index (χ0) is 8.27. The molecule has 1 heterocycles. The van der Waals surface area contributed by atoms with Crippen molar-refractivity contribution in [1.29, 1.82) is 0 Å². The fraction of sp³-hybridized carbons (Fsp3) is 0.500. The first-order valence-electron chi connectivity index (χ1n) is 3.37. The molecule has 1 aromatic rings. The lowest BCUT2D eigenvalue weighted by Crippen LogP contribution is -2.13. The first-order chi connectivity index (χ1) is 5.33. The van der Waals surface area contributed by atoms with Crippen LogP contribution in [0, 0.1) is 6.20 Å². The minimum absolute atomic E-state index is 0.849. The maximum absolute atomic E-state index is 3.93. The van der Waals surface area contributed by atoms with E-state index < -0.39 is 0 Å². The lowest BCUT2D eigenvalue weighted by atomic mass is 10.5. The van der Waals surface area contributed by atoms with Crippen LogP contribution < -0.4 is 16.1 Å². The van der Waals surface area contributed by atoms with Gasteiger partial charge in [-0.25, -0.2) is 0 Å². The molecule has 1 radical (unpaired) electrons. The van der Waals surface area contributed by atoms with Gasteiger partial charge >= 0.3 is 0 Å². The van der Waals surface area contributed by atoms with Gasteiger partial charge in [0.2, 0.25) is 0 Å². The van der Waals surface area contributed by atoms with Crippen molar-refractivity contribution < 1.29 is 0 Å². The van der Waals surface area contributed by atoms with Crippen LogP contribution in [0.15, 0.2) is 0 Å². The van der Waals surface area contributed by atoms with Gasteiger partial charge < -0.3 is 16.1 Å². The topological polar surface area (TPSA) is 53.9 Å². The van der Waals surface area contributed by atoms with Crippen LogP contribution in [0.2, 0.25) is 0 Å². The maximum atomic E-state index is 3.93. The predicted molar refractivity (Wildman–Crippen MR) is 45.4 cm³/mol. The Morgan fingerprint density at radius 2 is 2.00 bits per heavy atom. The van der Waals surface area contributed by atoms with E-state index in [9.17, 15) is 0 Å². The maximum Gasteiger partial charge on any atom is 0.171 e. The van der Waals surface area contributed by atoms with Crippen LogP contribution >= 0.6 is 0 Å². The first-order valence-corrected chi connectivity index (χ1v) is 3.37. The molecule has 0 aliphatic rings. The highest BCUT2D eigenvalue weighted by Crippen LogP contribution is 2.16. The standard InChI is InChI=1S/C6H12N5/c1-7-5-4-10-11(9-3)6(5)8-2/h7-9H,1-3H3. The molecule has 5 nitrogen and oxygen atoms in total. The van der Waals surface area contributed by atoms with Crippen molar-refractivity contribution in [3.8, 4) is 0 Å². The van der Waals surface area contributed by atoms with E-state index in [1.807, 2.05) is 14.1 Å². The zero-order valence-corrected chi connectivity index (χ0v) is 6.89. The number of hydrogen-bond acceptors (Lipinski definition) is 4. The summed E-state index contributed by atoms with van der Waals surface area (Å²) in [4.78, 5) is 1.60. The van der Waals surface area contributed by atoms with Crippen molar-refractivity contribution in [2.45, 2.75) is 0 Å². The van der Waals surface area contributed by atoms with Crippen LogP contribution in [-0.4, -0.2) is 31.0 Å². The Balaban J connectivity index is 2.99. The highest BCUT2D eigenvalue weighted by Gasteiger charge is 2.05. The van der Waals surface area contributed by atoms with E-state index in [1.54, 1.807) is 11.8 Å². The highest BCUT2D eigenvalue weighted by molar-refractivity contribution is 5.62. The molecule has 0 aliphatic carbocycles. The van der Waals surface area contributed by atoms with Gasteiger partial charge in [0.05, 0.1) is 0 Å². The predicted octanol–water partition coefficient (Wildman–Crippen LogP) is -0.0600. The Labute approximate surface area is 65.8 Å². The third-order valence-corrected chi connectivity index (χ3v) is 1.41. The summed E-state index contributed by atoms with van der Waals surface area (Å²) in [6.07, 6.45) is 2.80. The Kier molecular flexibility index (Phi) is 2.20. The van der Waals surface area contributed by atoms with Gasteiger partial charge in [-0.15, -0.1) is 5.10 Å². The van der Waals surface area contributed by atoms with E-state index >= 15 is 0 Å². The molecule has 61 valence electrons. The average Bonchev–Trinajstić information content (AvgIpc) is 2.45. The summed E-state index contributed by atoms with van der Waals surface area (Å²) >= 11 is 0. The van der Waals surface area contributed by atoms with Gasteiger partial charge in [0.1, 0.15) is 11.9 Å². The Hall–Kier alpha value is -1.39. The number of rotatable bonds is 3. The summed E-state index contributed by atoms with van der Waals surface area (Å²) < 4.78 is 0. The van der Waals surface area contributed by atoms with Crippen molar-refractivity contribution >= 4 is 11.5 Å². The van der Waals surface area contributed by atoms with Gasteiger partial charge in [0.25, 0.3) is 0 Å². The molecule has 0 unspecified atom stereocenters. The Morgan fingerprint density at radius 1 is 1.27 bits per heavy atom. The van der Waals surface area contributed by atoms with Crippen LogP contribution in [0.25, 0.3) is 0 Å². The fourth-order valence-electron chi connectivity index (χ4n) is 0.876. The molecule has 0 bridgehead atoms. The van der Waals surface area contributed by atoms with Gasteiger partial charge in [-0.3, -0.25) is 0 Å². The molecule has 1 rings (SSSR count). The van der Waals surface area contributed by atoms with E-state index in [-0.39, 0.29) is 0 Å². The van der Waals surface area contributed by atoms with Crippen LogP contribution in [0.5, 0.6) is 0 Å². The molecular formula is C6H12N5. The summed E-state index contributed by atoms with van der Waals surface area (Å²) in [5.41, 5.74) is 3.72. The molecule has 0 spiro atoms. The van der Waals surface area contributed by atoms with Gasteiger partial charge in [0, 0.05) is 21.1 Å². The minimum Gasteiger partial charge on any atom is -0.383 e. The van der Waals surface area contributed by atoms with E-state index in [2.05, 4.69) is 27.4 Å². The number of anilines is 2. The molecule has 11 heavy (non-hydrogen) atoms. The highest BCUT2D eigenvalue weighted by atomic mass is 15.6. The third-order valence-electron chi connectivity index (χ3n) is 1.41. The molecule has 0 aromatic carbocycles. The van der Waals surface area contributed by atoms with Crippen LogP contribution in [-0.2, 0) is 0 Å². The summed E-state index contributed by atoms with van der Waals surface area (Å²) in [7, 11) is 5.45. The SMILES string of the molecule is CNc1[c]nn(NC)c1NC. The van der Waals surface area contributed by atoms with E-state index in [1.165, 1.54) is 0 Å². The van der Waals surface area contributed by atoms with Crippen molar-refractivity contribution in [3.05, 3.63) is 6.20 Å². The Morgan fingerprint density at radius 3 is 2.45 bits per heavy atom. The number of aromatic nitrogens is 2. The van der Waals surface area contributed by atoms with E-state index in [0.717, 1.165) is 11.5 Å². The van der Waals surface area contributed by atoms with Gasteiger partial charge in [0.15, 0.2) is 5.82 Å². The van der Waals surface area contributed by atoms with Crippen molar-refractivity contribution in [2.75, 3.05) is 37.2 Å². The molecule has 0 atom stereocenters. The van der Waals surface area contributed by atoms with E-state index in [0.29, 0.717) is 0 Å². The van der Waals surface area contributed by atoms with Crippen molar-refractivity contribution in [3.63, 3.8) is 0 Å². The zero-order valence-electron chi connectivity index (χ0n) is 6.89. The molecule has 5 heteroatoms. The van der Waals surface area contributed by atoms with E-state index in [4.69, 9.17) is 0 Å². The summed E-state index contributed by atoms with van der Waals surface area (Å²) in [6.45, 7) is 0. The Bertz CT molecular complexity index is 207. The second-order valence-electron chi connectivity index (χ2n) is 1.97. The number of hydrogen-bond donors (Lipinski definition) is 3. The summed E-state index contributed by atoms with van der Waals surface area (Å²) in [5.74, 6) is 0.870. The van der Waals surface area contributed by atoms with Crippen LogP contribution in [0.3, 0.4) is 0 Å². The summed E-state index contributed by atoms with van der Waals surface area (Å²) in [6, 6.07) is 0. The average molecular weight is 154 g/mol. The molecule has 0 fully saturated rings. The second-order valence-corrected chi connectivity index (χ2v) is 1.97. The number of nitrogens with zero attached hydrogens (tertiary/aromatic N) is 2. The fourth-order valence-corrected chi connectivity index (χ4v) is 0.876. The molecule has 0 saturated heterocycles. The van der Waals surface area contributed by atoms with Gasteiger partial charge in [-0.05, 0) is 0 Å².